The van der Waals surface area contributed by atoms with Crippen molar-refractivity contribution in [1.29, 1.82) is 0 Å². The van der Waals surface area contributed by atoms with Gasteiger partial charge in [-0.25, -0.2) is 4.68 Å². The van der Waals surface area contributed by atoms with E-state index in [-0.39, 0.29) is 18.7 Å². The van der Waals surface area contributed by atoms with E-state index in [1.165, 1.54) is 0 Å². The highest BCUT2D eigenvalue weighted by Gasteiger charge is 2.18. The standard InChI is InChI=1S/C22H25ClN4O2/c1-26(2)14-12-20(17-8-10-18(23)11-9-17)24-22(28)21-13-15-27(25-21)16-29-19-6-4-3-5-7-19/h3-11,13,15,20H,12,14,16H2,1-2H3,(H,24,28). The summed E-state index contributed by atoms with van der Waals surface area (Å²) in [6, 6.07) is 18.6. The van der Waals surface area contributed by atoms with Gasteiger partial charge < -0.3 is 15.0 Å². The van der Waals surface area contributed by atoms with E-state index in [2.05, 4.69) is 15.3 Å². The maximum Gasteiger partial charge on any atom is 0.272 e. The molecule has 0 aliphatic heterocycles. The van der Waals surface area contributed by atoms with Gasteiger partial charge in [-0.15, -0.1) is 0 Å². The molecule has 1 atom stereocenters. The maximum atomic E-state index is 12.8. The van der Waals surface area contributed by atoms with Crippen LogP contribution in [0.1, 0.15) is 28.5 Å². The van der Waals surface area contributed by atoms with Gasteiger partial charge in [0.1, 0.15) is 11.4 Å². The number of amides is 1. The molecule has 0 saturated heterocycles. The summed E-state index contributed by atoms with van der Waals surface area (Å²) < 4.78 is 7.26. The van der Waals surface area contributed by atoms with Crippen LogP contribution >= 0.6 is 11.6 Å². The number of aromatic nitrogens is 2. The van der Waals surface area contributed by atoms with E-state index in [0.29, 0.717) is 10.7 Å². The summed E-state index contributed by atoms with van der Waals surface area (Å²) in [5.41, 5.74) is 1.36. The molecule has 0 spiro atoms. The molecule has 3 rings (SSSR count). The molecule has 0 bridgehead atoms. The van der Waals surface area contributed by atoms with E-state index in [9.17, 15) is 4.79 Å². The van der Waals surface area contributed by atoms with E-state index in [1.54, 1.807) is 16.9 Å². The quantitative estimate of drug-likeness (QED) is 0.577. The van der Waals surface area contributed by atoms with E-state index in [4.69, 9.17) is 16.3 Å². The minimum absolute atomic E-state index is 0.132. The highest BCUT2D eigenvalue weighted by molar-refractivity contribution is 6.30. The number of hydrogen-bond acceptors (Lipinski definition) is 4. The lowest BCUT2D eigenvalue weighted by Crippen LogP contribution is -2.31. The van der Waals surface area contributed by atoms with Crippen LogP contribution in [0.15, 0.2) is 66.9 Å². The van der Waals surface area contributed by atoms with E-state index >= 15 is 0 Å². The second kappa shape index (κ2) is 10.1. The fourth-order valence-electron chi connectivity index (χ4n) is 2.85. The molecule has 1 N–H and O–H groups in total. The first kappa shape index (κ1) is 20.9. The normalized spacial score (nSPS) is 12.0. The Morgan fingerprint density at radius 1 is 1.14 bits per heavy atom. The Balaban J connectivity index is 1.64. The number of para-hydroxylation sites is 1. The van der Waals surface area contributed by atoms with Crippen LogP contribution < -0.4 is 10.1 Å². The average molecular weight is 413 g/mol. The number of nitrogens with zero attached hydrogens (tertiary/aromatic N) is 3. The van der Waals surface area contributed by atoms with Crippen molar-refractivity contribution in [3.63, 3.8) is 0 Å². The molecule has 0 aliphatic carbocycles. The Labute approximate surface area is 176 Å². The molecule has 0 aliphatic rings. The predicted octanol–water partition coefficient (Wildman–Crippen LogP) is 4.00. The number of carbonyl (C=O) groups is 1. The Morgan fingerprint density at radius 2 is 1.86 bits per heavy atom. The third-order valence-corrected chi connectivity index (χ3v) is 4.67. The van der Waals surface area contributed by atoms with Gasteiger partial charge in [0.15, 0.2) is 6.73 Å². The molecule has 1 unspecified atom stereocenters. The first-order chi connectivity index (χ1) is 14.0. The lowest BCUT2D eigenvalue weighted by atomic mass is 10.0. The number of rotatable bonds is 9. The summed E-state index contributed by atoms with van der Waals surface area (Å²) in [6.45, 7) is 1.07. The van der Waals surface area contributed by atoms with Gasteiger partial charge in [0.25, 0.3) is 5.91 Å². The molecular weight excluding hydrogens is 388 g/mol. The van der Waals surface area contributed by atoms with Crippen LogP contribution in [0.5, 0.6) is 5.75 Å². The number of carbonyl (C=O) groups excluding carboxylic acids is 1. The van der Waals surface area contributed by atoms with Crippen molar-refractivity contribution in [2.45, 2.75) is 19.2 Å². The lowest BCUT2D eigenvalue weighted by molar-refractivity contribution is 0.0925. The average Bonchev–Trinajstić information content (AvgIpc) is 3.20. The zero-order valence-electron chi connectivity index (χ0n) is 16.6. The van der Waals surface area contributed by atoms with Gasteiger partial charge in [-0.05, 0) is 63.0 Å². The summed E-state index contributed by atoms with van der Waals surface area (Å²) in [7, 11) is 4.02. The predicted molar refractivity (Wildman–Crippen MR) is 114 cm³/mol. The molecule has 7 heteroatoms. The minimum atomic E-state index is -0.220. The van der Waals surface area contributed by atoms with Crippen molar-refractivity contribution in [2.75, 3.05) is 20.6 Å². The van der Waals surface area contributed by atoms with Crippen molar-refractivity contribution in [3.05, 3.63) is 83.1 Å². The zero-order valence-corrected chi connectivity index (χ0v) is 17.3. The summed E-state index contributed by atoms with van der Waals surface area (Å²) in [5.74, 6) is 0.530. The van der Waals surface area contributed by atoms with Gasteiger partial charge in [0.2, 0.25) is 0 Å². The highest BCUT2D eigenvalue weighted by atomic mass is 35.5. The van der Waals surface area contributed by atoms with Crippen molar-refractivity contribution in [2.24, 2.45) is 0 Å². The second-order valence-corrected chi connectivity index (χ2v) is 7.43. The number of nitrogens with one attached hydrogen (secondary N) is 1. The number of hydrogen-bond donors (Lipinski definition) is 1. The Bertz CT molecular complexity index is 910. The molecule has 152 valence electrons. The summed E-state index contributed by atoms with van der Waals surface area (Å²) in [6.07, 6.45) is 2.51. The van der Waals surface area contributed by atoms with Crippen LogP contribution in [0.3, 0.4) is 0 Å². The van der Waals surface area contributed by atoms with Crippen LogP contribution in [0.2, 0.25) is 5.02 Å². The van der Waals surface area contributed by atoms with Gasteiger partial charge in [0, 0.05) is 11.2 Å². The second-order valence-electron chi connectivity index (χ2n) is 7.00. The fourth-order valence-corrected chi connectivity index (χ4v) is 2.97. The molecule has 0 fully saturated rings. The van der Waals surface area contributed by atoms with Gasteiger partial charge >= 0.3 is 0 Å². The molecule has 1 heterocycles. The molecular formula is C22H25ClN4O2. The van der Waals surface area contributed by atoms with Gasteiger partial charge in [-0.1, -0.05) is 41.9 Å². The highest BCUT2D eigenvalue weighted by Crippen LogP contribution is 2.20. The third-order valence-electron chi connectivity index (χ3n) is 4.42. The van der Waals surface area contributed by atoms with Gasteiger partial charge in [0.05, 0.1) is 6.04 Å². The minimum Gasteiger partial charge on any atom is -0.471 e. The number of halogens is 1. The molecule has 29 heavy (non-hydrogen) atoms. The van der Waals surface area contributed by atoms with Gasteiger partial charge in [-0.3, -0.25) is 4.79 Å². The van der Waals surface area contributed by atoms with Crippen molar-refractivity contribution >= 4 is 17.5 Å². The molecule has 1 aromatic heterocycles. The van der Waals surface area contributed by atoms with E-state index < -0.39 is 0 Å². The summed E-state index contributed by atoms with van der Waals surface area (Å²) in [5, 5.41) is 8.09. The first-order valence-electron chi connectivity index (χ1n) is 9.43. The van der Waals surface area contributed by atoms with Crippen LogP contribution in [-0.4, -0.2) is 41.2 Å². The Hall–Kier alpha value is -2.83. The van der Waals surface area contributed by atoms with E-state index in [1.807, 2.05) is 68.7 Å². The summed E-state index contributed by atoms with van der Waals surface area (Å²) >= 11 is 6.00. The van der Waals surface area contributed by atoms with E-state index in [0.717, 1.165) is 24.3 Å². The van der Waals surface area contributed by atoms with Crippen molar-refractivity contribution in [1.82, 2.24) is 20.0 Å². The SMILES string of the molecule is CN(C)CCC(NC(=O)c1ccn(COc2ccccc2)n1)c1ccc(Cl)cc1. The number of ether oxygens (including phenoxy) is 1. The molecule has 1 amide bonds. The Kier molecular flexibility index (Phi) is 7.27. The number of benzene rings is 2. The largest absolute Gasteiger partial charge is 0.471 e. The van der Waals surface area contributed by atoms with Crippen LogP contribution in [0.4, 0.5) is 0 Å². The lowest BCUT2D eigenvalue weighted by Gasteiger charge is -2.21. The monoisotopic (exact) mass is 412 g/mol. The molecule has 0 radical (unpaired) electrons. The molecule has 6 nitrogen and oxygen atoms in total. The smallest absolute Gasteiger partial charge is 0.272 e. The molecule has 0 saturated carbocycles. The van der Waals surface area contributed by atoms with Crippen molar-refractivity contribution < 1.29 is 9.53 Å². The third kappa shape index (κ3) is 6.34. The molecule has 3 aromatic rings. The van der Waals surface area contributed by atoms with Crippen molar-refractivity contribution in [3.8, 4) is 5.75 Å². The van der Waals surface area contributed by atoms with Crippen LogP contribution in [0, 0.1) is 0 Å². The Morgan fingerprint density at radius 3 is 2.55 bits per heavy atom. The summed E-state index contributed by atoms with van der Waals surface area (Å²) in [4.78, 5) is 14.8. The van der Waals surface area contributed by atoms with Gasteiger partial charge in [-0.2, -0.15) is 5.10 Å². The van der Waals surface area contributed by atoms with Crippen LogP contribution in [-0.2, 0) is 6.73 Å². The first-order valence-corrected chi connectivity index (χ1v) is 9.81. The zero-order chi connectivity index (χ0) is 20.6. The van der Waals surface area contributed by atoms with Crippen LogP contribution in [0.25, 0.3) is 0 Å². The topological polar surface area (TPSA) is 59.4 Å². The maximum absolute atomic E-state index is 12.8. The molecule has 2 aromatic carbocycles. The fraction of sp³-hybridized carbons (Fsp3) is 0.273.